The summed E-state index contributed by atoms with van der Waals surface area (Å²) in [5, 5.41) is 21.3. The molecule has 0 aliphatic heterocycles. The van der Waals surface area contributed by atoms with Crippen LogP contribution >= 0.6 is 0 Å². The third kappa shape index (κ3) is 5.34. The molecule has 3 aromatic carbocycles. The van der Waals surface area contributed by atoms with E-state index in [1.54, 1.807) is 36.4 Å². The van der Waals surface area contributed by atoms with Crippen LogP contribution in [0.1, 0.15) is 34.1 Å². The topological polar surface area (TPSA) is 103 Å². The summed E-state index contributed by atoms with van der Waals surface area (Å²) in [5.74, 6) is -1.50. The number of nitrogens with zero attached hydrogens (tertiary/aromatic N) is 2. The molecule has 2 N–H and O–H groups in total. The van der Waals surface area contributed by atoms with E-state index in [1.807, 2.05) is 60.7 Å². The van der Waals surface area contributed by atoms with Crippen LogP contribution in [0.15, 0.2) is 97.1 Å². The molecule has 6 nitrogen and oxygen atoms in total. The van der Waals surface area contributed by atoms with Crippen LogP contribution in [0.3, 0.4) is 0 Å². The molecule has 34 heavy (non-hydrogen) atoms. The number of rotatable bonds is 7. The van der Waals surface area contributed by atoms with Gasteiger partial charge >= 0.3 is 5.97 Å². The maximum absolute atomic E-state index is 13.0. The van der Waals surface area contributed by atoms with E-state index in [-0.39, 0.29) is 12.1 Å². The van der Waals surface area contributed by atoms with Crippen molar-refractivity contribution < 1.29 is 14.7 Å². The molecule has 0 aliphatic rings. The molecule has 4 aromatic rings. The molecule has 166 valence electrons. The summed E-state index contributed by atoms with van der Waals surface area (Å²) < 4.78 is 0. The van der Waals surface area contributed by atoms with E-state index < -0.39 is 17.9 Å². The molecule has 4 rings (SSSR count). The highest BCUT2D eigenvalue weighted by molar-refractivity contribution is 5.93. The van der Waals surface area contributed by atoms with Crippen LogP contribution in [0.4, 0.5) is 0 Å². The van der Waals surface area contributed by atoms with Gasteiger partial charge in [0.1, 0.15) is 5.69 Å². The number of aromatic nitrogens is 1. The monoisotopic (exact) mass is 447 g/mol. The van der Waals surface area contributed by atoms with Crippen LogP contribution in [0.25, 0.3) is 22.4 Å². The van der Waals surface area contributed by atoms with Gasteiger partial charge in [-0.2, -0.15) is 5.26 Å². The summed E-state index contributed by atoms with van der Waals surface area (Å²) in [6.45, 7) is 0. The standard InChI is InChI=1S/C28H21N3O3/c29-18-19-6-4-9-23(16-19)24-10-5-11-25(30-24)28(34)31-26(17-27(32)33)22-14-12-21(13-15-22)20-7-2-1-3-8-20/h1-16,26H,17H2,(H,31,34)(H,32,33). The van der Waals surface area contributed by atoms with E-state index in [9.17, 15) is 14.7 Å². The summed E-state index contributed by atoms with van der Waals surface area (Å²) >= 11 is 0. The molecule has 6 heteroatoms. The first-order valence-corrected chi connectivity index (χ1v) is 10.7. The van der Waals surface area contributed by atoms with Crippen LogP contribution in [0, 0.1) is 11.3 Å². The first kappa shape index (κ1) is 22.4. The lowest BCUT2D eigenvalue weighted by atomic mass is 9.99. The summed E-state index contributed by atoms with van der Waals surface area (Å²) in [6.07, 6.45) is -0.264. The molecule has 1 heterocycles. The highest BCUT2D eigenvalue weighted by Crippen LogP contribution is 2.24. The predicted octanol–water partition coefficient (Wildman–Crippen LogP) is 5.23. The number of nitriles is 1. The Morgan fingerprint density at radius 3 is 2.24 bits per heavy atom. The van der Waals surface area contributed by atoms with Crippen molar-refractivity contribution in [3.63, 3.8) is 0 Å². The highest BCUT2D eigenvalue weighted by atomic mass is 16.4. The van der Waals surface area contributed by atoms with Crippen molar-refractivity contribution in [3.05, 3.63) is 114 Å². The number of carboxylic acid groups (broad SMARTS) is 1. The van der Waals surface area contributed by atoms with Crippen LogP contribution in [0.5, 0.6) is 0 Å². The number of carbonyl (C=O) groups excluding carboxylic acids is 1. The Kier molecular flexibility index (Phi) is 6.76. The highest BCUT2D eigenvalue weighted by Gasteiger charge is 2.20. The lowest BCUT2D eigenvalue weighted by Gasteiger charge is -2.18. The molecule has 0 saturated carbocycles. The number of benzene rings is 3. The average Bonchev–Trinajstić information content (AvgIpc) is 2.89. The van der Waals surface area contributed by atoms with Crippen molar-refractivity contribution in [2.45, 2.75) is 12.5 Å². The van der Waals surface area contributed by atoms with Gasteiger partial charge in [0.25, 0.3) is 5.91 Å². The Morgan fingerprint density at radius 2 is 1.53 bits per heavy atom. The zero-order valence-electron chi connectivity index (χ0n) is 18.2. The van der Waals surface area contributed by atoms with Gasteiger partial charge in [0.2, 0.25) is 0 Å². The van der Waals surface area contributed by atoms with E-state index in [1.165, 1.54) is 0 Å². The largest absolute Gasteiger partial charge is 0.481 e. The Morgan fingerprint density at radius 1 is 0.853 bits per heavy atom. The molecule has 0 radical (unpaired) electrons. The Hall–Kier alpha value is -4.76. The molecule has 1 aromatic heterocycles. The molecule has 0 aliphatic carbocycles. The second-order valence-corrected chi connectivity index (χ2v) is 7.71. The van der Waals surface area contributed by atoms with Gasteiger partial charge in [0.15, 0.2) is 0 Å². The number of aliphatic carboxylic acids is 1. The number of carboxylic acids is 1. The molecule has 0 fully saturated rings. The molecule has 0 bridgehead atoms. The van der Waals surface area contributed by atoms with E-state index >= 15 is 0 Å². The van der Waals surface area contributed by atoms with E-state index in [0.29, 0.717) is 22.4 Å². The Bertz CT molecular complexity index is 1360. The smallest absolute Gasteiger partial charge is 0.305 e. The van der Waals surface area contributed by atoms with Crippen LogP contribution in [0.2, 0.25) is 0 Å². The molecular formula is C28H21N3O3. The van der Waals surface area contributed by atoms with Crippen LogP contribution < -0.4 is 5.32 Å². The Balaban J connectivity index is 1.56. The van der Waals surface area contributed by atoms with Gasteiger partial charge < -0.3 is 10.4 Å². The van der Waals surface area contributed by atoms with Crippen molar-refractivity contribution in [3.8, 4) is 28.5 Å². The summed E-state index contributed by atoms with van der Waals surface area (Å²) in [5.41, 5.74) is 4.66. The molecule has 1 amide bonds. The number of hydrogen-bond acceptors (Lipinski definition) is 4. The predicted molar refractivity (Wildman–Crippen MR) is 129 cm³/mol. The number of amides is 1. The van der Waals surface area contributed by atoms with Gasteiger partial charge in [-0.3, -0.25) is 9.59 Å². The third-order valence-corrected chi connectivity index (χ3v) is 5.37. The number of hydrogen-bond donors (Lipinski definition) is 2. The number of pyridine rings is 1. The fraction of sp³-hybridized carbons (Fsp3) is 0.0714. The minimum atomic E-state index is -1.02. The zero-order valence-corrected chi connectivity index (χ0v) is 18.2. The first-order valence-electron chi connectivity index (χ1n) is 10.7. The fourth-order valence-corrected chi connectivity index (χ4v) is 3.67. The molecule has 0 saturated heterocycles. The van der Waals surface area contributed by atoms with E-state index in [0.717, 1.165) is 11.1 Å². The minimum Gasteiger partial charge on any atom is -0.481 e. The van der Waals surface area contributed by atoms with E-state index in [4.69, 9.17) is 5.26 Å². The van der Waals surface area contributed by atoms with Crippen LogP contribution in [-0.4, -0.2) is 22.0 Å². The number of carbonyl (C=O) groups is 2. The van der Waals surface area contributed by atoms with Gasteiger partial charge in [-0.1, -0.05) is 72.8 Å². The van der Waals surface area contributed by atoms with Crippen LogP contribution in [-0.2, 0) is 4.79 Å². The van der Waals surface area contributed by atoms with Gasteiger partial charge in [0.05, 0.1) is 29.8 Å². The van der Waals surface area contributed by atoms with Crippen molar-refractivity contribution in [2.75, 3.05) is 0 Å². The second-order valence-electron chi connectivity index (χ2n) is 7.71. The summed E-state index contributed by atoms with van der Waals surface area (Å²) in [4.78, 5) is 28.9. The minimum absolute atomic E-state index is 0.163. The lowest BCUT2D eigenvalue weighted by molar-refractivity contribution is -0.137. The maximum atomic E-state index is 13.0. The van der Waals surface area contributed by atoms with Gasteiger partial charge in [-0.05, 0) is 41.0 Å². The van der Waals surface area contributed by atoms with Gasteiger partial charge in [0, 0.05) is 5.56 Å². The van der Waals surface area contributed by atoms with E-state index in [2.05, 4.69) is 16.4 Å². The fourth-order valence-electron chi connectivity index (χ4n) is 3.67. The zero-order chi connectivity index (χ0) is 23.9. The number of nitrogens with one attached hydrogen (secondary N) is 1. The van der Waals surface area contributed by atoms with Crippen molar-refractivity contribution in [1.29, 1.82) is 5.26 Å². The Labute approximate surface area is 197 Å². The molecule has 0 spiro atoms. The van der Waals surface area contributed by atoms with Crippen molar-refractivity contribution in [2.24, 2.45) is 0 Å². The molecular weight excluding hydrogens is 426 g/mol. The first-order chi connectivity index (χ1) is 16.5. The molecule has 1 atom stereocenters. The normalized spacial score (nSPS) is 11.3. The molecule has 1 unspecified atom stereocenters. The SMILES string of the molecule is N#Cc1cccc(-c2cccc(C(=O)NC(CC(=O)O)c3ccc(-c4ccccc4)cc3)n2)c1. The quantitative estimate of drug-likeness (QED) is 0.404. The summed E-state index contributed by atoms with van der Waals surface area (Å²) in [6, 6.07) is 30.7. The lowest BCUT2D eigenvalue weighted by Crippen LogP contribution is -2.30. The van der Waals surface area contributed by atoms with Crippen molar-refractivity contribution >= 4 is 11.9 Å². The third-order valence-electron chi connectivity index (χ3n) is 5.37. The van der Waals surface area contributed by atoms with Gasteiger partial charge in [-0.15, -0.1) is 0 Å². The second kappa shape index (κ2) is 10.2. The summed E-state index contributed by atoms with van der Waals surface area (Å²) in [7, 11) is 0. The van der Waals surface area contributed by atoms with Crippen molar-refractivity contribution in [1.82, 2.24) is 10.3 Å². The van der Waals surface area contributed by atoms with Gasteiger partial charge in [-0.25, -0.2) is 4.98 Å². The maximum Gasteiger partial charge on any atom is 0.305 e. The average molecular weight is 447 g/mol.